The van der Waals surface area contributed by atoms with Crippen LogP contribution in [-0.4, -0.2) is 25.1 Å². The van der Waals surface area contributed by atoms with E-state index >= 15 is 0 Å². The third kappa shape index (κ3) is 3.48. The number of carbonyl (C=O) groups excluding carboxylic acids is 1. The SMILES string of the molecule is C=CCc1cccc(CC=C)c1OC(=O)N(C)C. The Labute approximate surface area is 108 Å². The first-order valence-electron chi connectivity index (χ1n) is 5.81. The molecular weight excluding hydrogens is 226 g/mol. The molecule has 3 heteroatoms. The molecule has 0 N–H and O–H groups in total. The largest absolute Gasteiger partial charge is 0.414 e. The maximum Gasteiger partial charge on any atom is 0.414 e. The zero-order valence-electron chi connectivity index (χ0n) is 11.0. The Bertz CT molecular complexity index is 422. The molecule has 0 aliphatic rings. The number of ether oxygens (including phenoxy) is 1. The number of hydrogen-bond donors (Lipinski definition) is 0. The van der Waals surface area contributed by atoms with Gasteiger partial charge in [-0.25, -0.2) is 4.79 Å². The minimum atomic E-state index is -0.378. The van der Waals surface area contributed by atoms with Crippen LogP contribution >= 0.6 is 0 Å². The number of amides is 1. The lowest BCUT2D eigenvalue weighted by Crippen LogP contribution is -2.26. The molecular formula is C15H19NO2. The van der Waals surface area contributed by atoms with Gasteiger partial charge in [0.25, 0.3) is 0 Å². The van der Waals surface area contributed by atoms with Gasteiger partial charge in [-0.15, -0.1) is 13.2 Å². The molecule has 1 aromatic rings. The van der Waals surface area contributed by atoms with E-state index < -0.39 is 0 Å². The van der Waals surface area contributed by atoms with Gasteiger partial charge in [-0.1, -0.05) is 30.4 Å². The number of para-hydroxylation sites is 1. The molecule has 96 valence electrons. The van der Waals surface area contributed by atoms with Crippen LogP contribution < -0.4 is 4.74 Å². The molecule has 0 bridgehead atoms. The van der Waals surface area contributed by atoms with Gasteiger partial charge in [0.15, 0.2) is 0 Å². The molecule has 0 radical (unpaired) electrons. The van der Waals surface area contributed by atoms with Crippen molar-refractivity contribution in [2.75, 3.05) is 14.1 Å². The highest BCUT2D eigenvalue weighted by molar-refractivity contribution is 5.71. The van der Waals surface area contributed by atoms with Crippen LogP contribution in [0.25, 0.3) is 0 Å². The highest BCUT2D eigenvalue weighted by Gasteiger charge is 2.13. The first-order chi connectivity index (χ1) is 8.60. The van der Waals surface area contributed by atoms with Crippen LogP contribution in [-0.2, 0) is 12.8 Å². The molecule has 1 aromatic carbocycles. The summed E-state index contributed by atoms with van der Waals surface area (Å²) in [5.74, 6) is 0.621. The molecule has 0 fully saturated rings. The van der Waals surface area contributed by atoms with Crippen LogP contribution in [0.4, 0.5) is 4.79 Å². The molecule has 0 atom stereocenters. The molecule has 0 aromatic heterocycles. The van der Waals surface area contributed by atoms with Crippen LogP contribution in [0.5, 0.6) is 5.75 Å². The van der Waals surface area contributed by atoms with Crippen LogP contribution in [0.2, 0.25) is 0 Å². The molecule has 3 nitrogen and oxygen atoms in total. The monoisotopic (exact) mass is 245 g/mol. The smallest absolute Gasteiger partial charge is 0.410 e. The molecule has 0 saturated heterocycles. The molecule has 0 saturated carbocycles. The number of carbonyl (C=O) groups is 1. The molecule has 18 heavy (non-hydrogen) atoms. The summed E-state index contributed by atoms with van der Waals surface area (Å²) in [6.07, 6.45) is 4.54. The Morgan fingerprint density at radius 3 is 2.11 bits per heavy atom. The number of allylic oxidation sites excluding steroid dienone is 2. The molecule has 0 aliphatic carbocycles. The van der Waals surface area contributed by atoms with E-state index in [1.807, 2.05) is 18.2 Å². The van der Waals surface area contributed by atoms with Crippen molar-refractivity contribution in [3.05, 3.63) is 54.6 Å². The number of rotatable bonds is 5. The molecule has 1 amide bonds. The van der Waals surface area contributed by atoms with Crippen molar-refractivity contribution in [1.29, 1.82) is 0 Å². The molecule has 1 rings (SSSR count). The zero-order valence-corrected chi connectivity index (χ0v) is 11.0. The fraction of sp³-hybridized carbons (Fsp3) is 0.267. The fourth-order valence-electron chi connectivity index (χ4n) is 1.58. The highest BCUT2D eigenvalue weighted by atomic mass is 16.6. The summed E-state index contributed by atoms with van der Waals surface area (Å²) in [6.45, 7) is 7.43. The van der Waals surface area contributed by atoms with Crippen LogP contribution in [0.3, 0.4) is 0 Å². The summed E-state index contributed by atoms with van der Waals surface area (Å²) in [6, 6.07) is 5.82. The highest BCUT2D eigenvalue weighted by Crippen LogP contribution is 2.26. The normalized spacial score (nSPS) is 9.67. The molecule has 0 aliphatic heterocycles. The quantitative estimate of drug-likeness (QED) is 0.745. The standard InChI is InChI=1S/C15H19NO2/c1-5-8-12-10-7-11-13(9-6-2)14(12)18-15(17)16(3)4/h5-7,10-11H,1-2,8-9H2,3-4H3. The third-order valence-electron chi connectivity index (χ3n) is 2.46. The van der Waals surface area contributed by atoms with Gasteiger partial charge in [0.2, 0.25) is 0 Å². The molecule has 0 unspecified atom stereocenters. The Morgan fingerprint density at radius 2 is 1.72 bits per heavy atom. The topological polar surface area (TPSA) is 29.5 Å². The van der Waals surface area contributed by atoms with E-state index in [-0.39, 0.29) is 6.09 Å². The van der Waals surface area contributed by atoms with Crippen molar-refractivity contribution in [2.45, 2.75) is 12.8 Å². The maximum absolute atomic E-state index is 11.7. The second-order valence-corrected chi connectivity index (χ2v) is 4.15. The summed E-state index contributed by atoms with van der Waals surface area (Å²) in [7, 11) is 3.32. The van der Waals surface area contributed by atoms with Crippen molar-refractivity contribution in [3.63, 3.8) is 0 Å². The van der Waals surface area contributed by atoms with Crippen LogP contribution in [0, 0.1) is 0 Å². The van der Waals surface area contributed by atoms with Crippen molar-refractivity contribution >= 4 is 6.09 Å². The average Bonchev–Trinajstić information content (AvgIpc) is 2.33. The maximum atomic E-state index is 11.7. The van der Waals surface area contributed by atoms with Gasteiger partial charge in [0.05, 0.1) is 0 Å². The van der Waals surface area contributed by atoms with E-state index in [4.69, 9.17) is 4.74 Å². The molecule has 0 spiro atoms. The average molecular weight is 245 g/mol. The Kier molecular flexibility index (Phi) is 5.18. The van der Waals surface area contributed by atoms with Crippen molar-refractivity contribution in [2.24, 2.45) is 0 Å². The summed E-state index contributed by atoms with van der Waals surface area (Å²) < 4.78 is 5.43. The van der Waals surface area contributed by atoms with Crippen molar-refractivity contribution in [3.8, 4) is 5.75 Å². The Morgan fingerprint density at radius 1 is 1.22 bits per heavy atom. The van der Waals surface area contributed by atoms with Gasteiger partial charge in [0, 0.05) is 14.1 Å². The van der Waals surface area contributed by atoms with Gasteiger partial charge in [-0.2, -0.15) is 0 Å². The van der Waals surface area contributed by atoms with Crippen molar-refractivity contribution in [1.82, 2.24) is 4.90 Å². The number of benzene rings is 1. The first-order valence-corrected chi connectivity index (χ1v) is 5.81. The van der Waals surface area contributed by atoms with E-state index in [1.165, 1.54) is 4.90 Å². The van der Waals surface area contributed by atoms with Gasteiger partial charge in [-0.05, 0) is 24.0 Å². The number of nitrogens with zero attached hydrogens (tertiary/aromatic N) is 1. The van der Waals surface area contributed by atoms with E-state index in [0.29, 0.717) is 18.6 Å². The Hall–Kier alpha value is -2.03. The van der Waals surface area contributed by atoms with Gasteiger partial charge < -0.3 is 9.64 Å². The van der Waals surface area contributed by atoms with E-state index in [2.05, 4.69) is 13.2 Å². The van der Waals surface area contributed by atoms with Crippen molar-refractivity contribution < 1.29 is 9.53 Å². The summed E-state index contributed by atoms with van der Waals surface area (Å²) in [4.78, 5) is 13.1. The predicted octanol–water partition coefficient (Wildman–Crippen LogP) is 3.20. The third-order valence-corrected chi connectivity index (χ3v) is 2.46. The first kappa shape index (κ1) is 14.0. The Balaban J connectivity index is 3.12. The zero-order chi connectivity index (χ0) is 13.5. The predicted molar refractivity (Wildman–Crippen MR) is 74.0 cm³/mol. The lowest BCUT2D eigenvalue weighted by atomic mass is 10.0. The summed E-state index contributed by atoms with van der Waals surface area (Å²) in [5.41, 5.74) is 1.92. The van der Waals surface area contributed by atoms with E-state index in [9.17, 15) is 4.79 Å². The fourth-order valence-corrected chi connectivity index (χ4v) is 1.58. The second kappa shape index (κ2) is 6.64. The molecule has 0 heterocycles. The van der Waals surface area contributed by atoms with Gasteiger partial charge in [0.1, 0.15) is 5.75 Å². The van der Waals surface area contributed by atoms with Crippen LogP contribution in [0.1, 0.15) is 11.1 Å². The van der Waals surface area contributed by atoms with Gasteiger partial charge >= 0.3 is 6.09 Å². The minimum Gasteiger partial charge on any atom is -0.410 e. The van der Waals surface area contributed by atoms with Gasteiger partial charge in [-0.3, -0.25) is 0 Å². The number of hydrogen-bond acceptors (Lipinski definition) is 2. The van der Waals surface area contributed by atoms with Crippen LogP contribution in [0.15, 0.2) is 43.5 Å². The lowest BCUT2D eigenvalue weighted by molar-refractivity contribution is 0.171. The minimum absolute atomic E-state index is 0.378. The van der Waals surface area contributed by atoms with E-state index in [0.717, 1.165) is 11.1 Å². The summed E-state index contributed by atoms with van der Waals surface area (Å²) >= 11 is 0. The lowest BCUT2D eigenvalue weighted by Gasteiger charge is -2.16. The second-order valence-electron chi connectivity index (χ2n) is 4.15. The summed E-state index contributed by atoms with van der Waals surface area (Å²) in [5, 5.41) is 0. The van der Waals surface area contributed by atoms with E-state index in [1.54, 1.807) is 26.2 Å².